The predicted octanol–water partition coefficient (Wildman–Crippen LogP) is 1.54. The molecular weight excluding hydrogens is 380 g/mol. The lowest BCUT2D eigenvalue weighted by Gasteiger charge is -2.29. The molecule has 2 amide bonds. The molecule has 146 valence electrons. The summed E-state index contributed by atoms with van der Waals surface area (Å²) in [6, 6.07) is 3.39. The number of likely N-dealkylation sites (N-methyl/N-ethyl adjacent to an activating group) is 2. The smallest absolute Gasteiger partial charge is 0.341 e. The van der Waals surface area contributed by atoms with Crippen molar-refractivity contribution in [1.82, 2.24) is 9.88 Å². The average molecular weight is 400 g/mol. The van der Waals surface area contributed by atoms with Crippen LogP contribution in [-0.4, -0.2) is 62.0 Å². The molecule has 0 unspecified atom stereocenters. The summed E-state index contributed by atoms with van der Waals surface area (Å²) >= 11 is 1.46. The van der Waals surface area contributed by atoms with E-state index in [0.29, 0.717) is 41.5 Å². The highest BCUT2D eigenvalue weighted by atomic mass is 32.1. The number of anilines is 2. The molecule has 9 heteroatoms. The Labute approximate surface area is 166 Å². The number of thiophene rings is 1. The van der Waals surface area contributed by atoms with Gasteiger partial charge in [0.05, 0.1) is 19.2 Å². The highest BCUT2D eigenvalue weighted by Gasteiger charge is 2.36. The molecule has 0 N–H and O–H groups in total. The quantitative estimate of drug-likeness (QED) is 0.711. The van der Waals surface area contributed by atoms with Gasteiger partial charge < -0.3 is 19.4 Å². The molecule has 0 radical (unpaired) electrons. The SMILES string of the molecule is COC(=O)c1cccnc1N1CCc2c(sc3c2C(=O)N(C)CC(=O)N3C)C1. The summed E-state index contributed by atoms with van der Waals surface area (Å²) in [6.07, 6.45) is 2.28. The number of methoxy groups -OCH3 is 1. The van der Waals surface area contributed by atoms with Crippen LogP contribution < -0.4 is 9.80 Å². The van der Waals surface area contributed by atoms with Crippen molar-refractivity contribution in [2.75, 3.05) is 44.1 Å². The summed E-state index contributed by atoms with van der Waals surface area (Å²) in [7, 11) is 4.71. The molecule has 0 spiro atoms. The molecule has 2 aliphatic heterocycles. The van der Waals surface area contributed by atoms with Crippen molar-refractivity contribution in [3.05, 3.63) is 39.9 Å². The van der Waals surface area contributed by atoms with E-state index in [0.717, 1.165) is 10.4 Å². The van der Waals surface area contributed by atoms with Crippen LogP contribution in [0.15, 0.2) is 18.3 Å². The molecule has 4 heterocycles. The van der Waals surface area contributed by atoms with Crippen molar-refractivity contribution in [1.29, 1.82) is 0 Å². The Balaban J connectivity index is 1.74. The molecule has 0 bridgehead atoms. The third-order valence-electron chi connectivity index (χ3n) is 5.14. The zero-order valence-electron chi connectivity index (χ0n) is 15.9. The van der Waals surface area contributed by atoms with Gasteiger partial charge in [-0.05, 0) is 24.1 Å². The van der Waals surface area contributed by atoms with Gasteiger partial charge in [-0.15, -0.1) is 11.3 Å². The summed E-state index contributed by atoms with van der Waals surface area (Å²) in [5.74, 6) is -0.0936. The lowest BCUT2D eigenvalue weighted by molar-refractivity contribution is -0.118. The molecule has 28 heavy (non-hydrogen) atoms. The molecule has 2 aromatic heterocycles. The van der Waals surface area contributed by atoms with Gasteiger partial charge in [0, 0.05) is 31.7 Å². The Kier molecular flexibility index (Phi) is 4.54. The molecular formula is C19H20N4O4S. The van der Waals surface area contributed by atoms with Crippen LogP contribution >= 0.6 is 11.3 Å². The number of esters is 1. The Morgan fingerprint density at radius 3 is 2.79 bits per heavy atom. The van der Waals surface area contributed by atoms with Crippen LogP contribution in [0.3, 0.4) is 0 Å². The second-order valence-corrected chi connectivity index (χ2v) is 7.92. The van der Waals surface area contributed by atoms with Gasteiger partial charge in [-0.1, -0.05) is 0 Å². The standard InChI is InChI=1S/C19H20N4O4S/c1-21-10-14(24)22(2)18-15(17(21)25)11-6-8-23(9-13(11)28-18)16-12(19(26)27-3)5-4-7-20-16/h4-5,7H,6,8-10H2,1-3H3. The van der Waals surface area contributed by atoms with E-state index in [1.165, 1.54) is 23.3 Å². The number of carbonyl (C=O) groups excluding carboxylic acids is 3. The highest BCUT2D eigenvalue weighted by molar-refractivity contribution is 7.17. The highest BCUT2D eigenvalue weighted by Crippen LogP contribution is 2.41. The second kappa shape index (κ2) is 6.90. The molecule has 0 aliphatic carbocycles. The normalized spacial score (nSPS) is 16.6. The zero-order chi connectivity index (χ0) is 20.0. The van der Waals surface area contributed by atoms with E-state index in [2.05, 4.69) is 4.98 Å². The molecule has 0 saturated heterocycles. The van der Waals surface area contributed by atoms with E-state index in [1.807, 2.05) is 4.90 Å². The maximum absolute atomic E-state index is 12.9. The Hall–Kier alpha value is -2.94. The van der Waals surface area contributed by atoms with E-state index in [1.54, 1.807) is 37.3 Å². The van der Waals surface area contributed by atoms with Crippen molar-refractivity contribution in [2.45, 2.75) is 13.0 Å². The summed E-state index contributed by atoms with van der Waals surface area (Å²) in [6.45, 7) is 1.22. The van der Waals surface area contributed by atoms with Crippen molar-refractivity contribution in [3.8, 4) is 0 Å². The maximum Gasteiger partial charge on any atom is 0.341 e. The first kappa shape index (κ1) is 18.4. The van der Waals surface area contributed by atoms with Crippen LogP contribution in [-0.2, 0) is 22.5 Å². The number of hydrogen-bond acceptors (Lipinski definition) is 7. The van der Waals surface area contributed by atoms with Gasteiger partial charge in [0.1, 0.15) is 22.9 Å². The van der Waals surface area contributed by atoms with Crippen LogP contribution in [0.4, 0.5) is 10.8 Å². The third kappa shape index (κ3) is 2.82. The van der Waals surface area contributed by atoms with Gasteiger partial charge in [0.25, 0.3) is 5.91 Å². The minimum absolute atomic E-state index is 0.0774. The van der Waals surface area contributed by atoms with E-state index < -0.39 is 5.97 Å². The molecule has 4 rings (SSSR count). The summed E-state index contributed by atoms with van der Waals surface area (Å²) in [5.41, 5.74) is 2.03. The fourth-order valence-corrected chi connectivity index (χ4v) is 4.96. The largest absolute Gasteiger partial charge is 0.465 e. The number of hydrogen-bond donors (Lipinski definition) is 0. The minimum Gasteiger partial charge on any atom is -0.465 e. The van der Waals surface area contributed by atoms with Gasteiger partial charge in [-0.3, -0.25) is 9.59 Å². The van der Waals surface area contributed by atoms with Crippen molar-refractivity contribution >= 4 is 39.9 Å². The van der Waals surface area contributed by atoms with Gasteiger partial charge in [-0.25, -0.2) is 9.78 Å². The van der Waals surface area contributed by atoms with Gasteiger partial charge in [-0.2, -0.15) is 0 Å². The predicted molar refractivity (Wildman–Crippen MR) is 105 cm³/mol. The van der Waals surface area contributed by atoms with E-state index in [9.17, 15) is 14.4 Å². The molecule has 2 aliphatic rings. The molecule has 0 saturated carbocycles. The zero-order valence-corrected chi connectivity index (χ0v) is 16.7. The molecule has 0 atom stereocenters. The number of carbonyl (C=O) groups is 3. The Bertz CT molecular complexity index is 986. The van der Waals surface area contributed by atoms with Crippen LogP contribution in [0, 0.1) is 0 Å². The van der Waals surface area contributed by atoms with E-state index in [4.69, 9.17) is 4.74 Å². The first-order chi connectivity index (χ1) is 13.4. The monoisotopic (exact) mass is 400 g/mol. The van der Waals surface area contributed by atoms with Gasteiger partial charge >= 0.3 is 5.97 Å². The van der Waals surface area contributed by atoms with Crippen LogP contribution in [0.5, 0.6) is 0 Å². The first-order valence-corrected chi connectivity index (χ1v) is 9.68. The lowest BCUT2D eigenvalue weighted by Crippen LogP contribution is -2.36. The average Bonchev–Trinajstić information content (AvgIpc) is 3.07. The van der Waals surface area contributed by atoms with Gasteiger partial charge in [0.15, 0.2) is 0 Å². The fraction of sp³-hybridized carbons (Fsp3) is 0.368. The number of nitrogens with zero attached hydrogens (tertiary/aromatic N) is 4. The number of fused-ring (bicyclic) bond motifs is 3. The van der Waals surface area contributed by atoms with Gasteiger partial charge in [0.2, 0.25) is 5.91 Å². The molecule has 8 nitrogen and oxygen atoms in total. The maximum atomic E-state index is 12.9. The fourth-order valence-electron chi connectivity index (χ4n) is 3.63. The lowest BCUT2D eigenvalue weighted by atomic mass is 10.0. The number of ether oxygens (including phenoxy) is 1. The number of aromatic nitrogens is 1. The topological polar surface area (TPSA) is 83.0 Å². The van der Waals surface area contributed by atoms with Crippen LogP contribution in [0.2, 0.25) is 0 Å². The molecule has 0 aromatic carbocycles. The van der Waals surface area contributed by atoms with Crippen LogP contribution in [0.25, 0.3) is 0 Å². The van der Waals surface area contributed by atoms with Crippen molar-refractivity contribution in [3.63, 3.8) is 0 Å². The Morgan fingerprint density at radius 1 is 1.25 bits per heavy atom. The van der Waals surface area contributed by atoms with Crippen molar-refractivity contribution < 1.29 is 19.1 Å². The summed E-state index contributed by atoms with van der Waals surface area (Å²) < 4.78 is 4.87. The Morgan fingerprint density at radius 2 is 2.04 bits per heavy atom. The minimum atomic E-state index is -0.432. The van der Waals surface area contributed by atoms with Crippen molar-refractivity contribution in [2.24, 2.45) is 0 Å². The number of rotatable bonds is 2. The first-order valence-electron chi connectivity index (χ1n) is 8.87. The third-order valence-corrected chi connectivity index (χ3v) is 6.43. The molecule has 0 fully saturated rings. The summed E-state index contributed by atoms with van der Waals surface area (Å²) in [4.78, 5) is 47.8. The molecule has 2 aromatic rings. The number of amides is 2. The van der Waals surface area contributed by atoms with Crippen LogP contribution in [0.1, 0.15) is 31.2 Å². The van der Waals surface area contributed by atoms with E-state index >= 15 is 0 Å². The number of pyridine rings is 1. The van der Waals surface area contributed by atoms with E-state index in [-0.39, 0.29) is 18.4 Å². The second-order valence-electron chi connectivity index (χ2n) is 6.84. The summed E-state index contributed by atoms with van der Waals surface area (Å²) in [5, 5.41) is 0.695.